The number of hydrogen-bond acceptors (Lipinski definition) is 5. The van der Waals surface area contributed by atoms with E-state index in [0.717, 1.165) is 6.26 Å². The maximum absolute atomic E-state index is 13.4. The maximum Gasteiger partial charge on any atom is 0.241 e. The van der Waals surface area contributed by atoms with Crippen LogP contribution in [-0.2, 0) is 14.6 Å². The molecule has 1 saturated heterocycles. The summed E-state index contributed by atoms with van der Waals surface area (Å²) in [5.41, 5.74) is -1.32. The van der Waals surface area contributed by atoms with Crippen molar-refractivity contribution in [3.63, 3.8) is 0 Å². The highest BCUT2D eigenvalue weighted by Gasteiger charge is 2.56. The standard InChI is InChI=1S/C20H26FN3O3S/c1-13(2)10-20(18(25)24-19(12-22)8-9-19)11-16(28(3,26)27)17(23-20)14-4-6-15(21)7-5-14/h4-7,13,16-17,23H,8-11H2,1-3H3,(H,24,25)/t16-,17+,20+/m0/s1. The van der Waals surface area contributed by atoms with Crippen molar-refractivity contribution in [3.8, 4) is 6.07 Å². The van der Waals surface area contributed by atoms with Crippen LogP contribution >= 0.6 is 0 Å². The third-order valence-electron chi connectivity index (χ3n) is 5.64. The largest absolute Gasteiger partial charge is 0.336 e. The van der Waals surface area contributed by atoms with Crippen molar-refractivity contribution in [2.24, 2.45) is 5.92 Å². The van der Waals surface area contributed by atoms with E-state index in [4.69, 9.17) is 0 Å². The normalized spacial score (nSPS) is 28.7. The lowest BCUT2D eigenvalue weighted by Crippen LogP contribution is -2.57. The van der Waals surface area contributed by atoms with Crippen molar-refractivity contribution >= 4 is 15.7 Å². The van der Waals surface area contributed by atoms with Crippen molar-refractivity contribution in [2.45, 2.75) is 61.9 Å². The summed E-state index contributed by atoms with van der Waals surface area (Å²) in [7, 11) is -3.49. The van der Waals surface area contributed by atoms with E-state index < -0.39 is 38.0 Å². The number of carbonyl (C=O) groups is 1. The van der Waals surface area contributed by atoms with Gasteiger partial charge in [0.05, 0.1) is 16.9 Å². The minimum Gasteiger partial charge on any atom is -0.336 e. The Labute approximate surface area is 165 Å². The van der Waals surface area contributed by atoms with Gasteiger partial charge in [0.15, 0.2) is 9.84 Å². The second-order valence-electron chi connectivity index (χ2n) is 8.57. The van der Waals surface area contributed by atoms with E-state index in [1.807, 2.05) is 13.8 Å². The number of benzene rings is 1. The van der Waals surface area contributed by atoms with Gasteiger partial charge in [-0.25, -0.2) is 12.8 Å². The van der Waals surface area contributed by atoms with Crippen LogP contribution in [-0.4, -0.2) is 36.9 Å². The molecule has 1 amide bonds. The van der Waals surface area contributed by atoms with Gasteiger partial charge >= 0.3 is 0 Å². The van der Waals surface area contributed by atoms with E-state index in [0.29, 0.717) is 24.8 Å². The molecule has 1 aliphatic carbocycles. The first-order valence-corrected chi connectivity index (χ1v) is 11.4. The zero-order chi connectivity index (χ0) is 20.7. The van der Waals surface area contributed by atoms with Crippen LogP contribution in [0.2, 0.25) is 0 Å². The fraction of sp³-hybridized carbons (Fsp3) is 0.600. The van der Waals surface area contributed by atoms with E-state index >= 15 is 0 Å². The fourth-order valence-electron chi connectivity index (χ4n) is 4.09. The Morgan fingerprint density at radius 3 is 2.43 bits per heavy atom. The molecule has 2 aliphatic rings. The first kappa shape index (κ1) is 20.7. The van der Waals surface area contributed by atoms with Crippen molar-refractivity contribution in [1.29, 1.82) is 5.26 Å². The lowest BCUT2D eigenvalue weighted by atomic mass is 9.86. The van der Waals surface area contributed by atoms with Gasteiger partial charge in [0.1, 0.15) is 11.4 Å². The van der Waals surface area contributed by atoms with Crippen molar-refractivity contribution in [1.82, 2.24) is 10.6 Å². The van der Waals surface area contributed by atoms with Crippen LogP contribution < -0.4 is 10.6 Å². The zero-order valence-electron chi connectivity index (χ0n) is 16.3. The molecule has 0 unspecified atom stereocenters. The summed E-state index contributed by atoms with van der Waals surface area (Å²) >= 11 is 0. The zero-order valence-corrected chi connectivity index (χ0v) is 17.1. The lowest BCUT2D eigenvalue weighted by Gasteiger charge is -2.32. The van der Waals surface area contributed by atoms with E-state index in [1.54, 1.807) is 12.1 Å². The summed E-state index contributed by atoms with van der Waals surface area (Å²) in [6.45, 7) is 3.93. The molecular formula is C20H26FN3O3S. The van der Waals surface area contributed by atoms with Crippen molar-refractivity contribution in [3.05, 3.63) is 35.6 Å². The molecule has 0 radical (unpaired) electrons. The highest BCUT2D eigenvalue weighted by molar-refractivity contribution is 7.91. The average Bonchev–Trinajstić information content (AvgIpc) is 3.26. The van der Waals surface area contributed by atoms with Crippen LogP contribution in [0, 0.1) is 23.1 Å². The highest BCUT2D eigenvalue weighted by Crippen LogP contribution is 2.42. The molecule has 2 fully saturated rings. The Hall–Kier alpha value is -1.98. The molecule has 1 saturated carbocycles. The van der Waals surface area contributed by atoms with Gasteiger partial charge in [-0.2, -0.15) is 5.26 Å². The van der Waals surface area contributed by atoms with Gasteiger partial charge in [-0.3, -0.25) is 10.1 Å². The molecule has 152 valence electrons. The summed E-state index contributed by atoms with van der Waals surface area (Å²) in [5, 5.41) is 14.6. The molecule has 1 aromatic rings. The summed E-state index contributed by atoms with van der Waals surface area (Å²) in [6.07, 6.45) is 2.91. The van der Waals surface area contributed by atoms with Gasteiger partial charge < -0.3 is 5.32 Å². The second kappa shape index (κ2) is 7.12. The van der Waals surface area contributed by atoms with Crippen LogP contribution in [0.5, 0.6) is 0 Å². The first-order valence-electron chi connectivity index (χ1n) is 9.46. The molecule has 3 rings (SSSR count). The number of hydrogen-bond donors (Lipinski definition) is 2. The van der Waals surface area contributed by atoms with Gasteiger partial charge in [0, 0.05) is 12.3 Å². The summed E-state index contributed by atoms with van der Waals surface area (Å²) < 4.78 is 38.4. The number of halogens is 1. The van der Waals surface area contributed by atoms with E-state index in [9.17, 15) is 22.9 Å². The van der Waals surface area contributed by atoms with Crippen LogP contribution in [0.1, 0.15) is 51.1 Å². The van der Waals surface area contributed by atoms with Crippen LogP contribution in [0.15, 0.2) is 24.3 Å². The van der Waals surface area contributed by atoms with Gasteiger partial charge in [-0.05, 0) is 49.3 Å². The molecule has 0 aromatic heterocycles. The Bertz CT molecular complexity index is 904. The number of sulfone groups is 1. The minimum absolute atomic E-state index is 0.111. The Morgan fingerprint density at radius 1 is 1.36 bits per heavy atom. The minimum atomic E-state index is -3.49. The number of nitriles is 1. The Balaban J connectivity index is 1.99. The number of rotatable bonds is 6. The monoisotopic (exact) mass is 407 g/mol. The van der Waals surface area contributed by atoms with Gasteiger partial charge in [-0.1, -0.05) is 26.0 Å². The van der Waals surface area contributed by atoms with Crippen LogP contribution in [0.4, 0.5) is 4.39 Å². The molecule has 28 heavy (non-hydrogen) atoms. The van der Waals surface area contributed by atoms with Gasteiger partial charge in [0.25, 0.3) is 0 Å². The highest BCUT2D eigenvalue weighted by atomic mass is 32.2. The molecule has 1 aromatic carbocycles. The van der Waals surface area contributed by atoms with E-state index in [2.05, 4.69) is 16.7 Å². The number of nitrogens with zero attached hydrogens (tertiary/aromatic N) is 1. The summed E-state index contributed by atoms with van der Waals surface area (Å²) in [6, 6.07) is 7.19. The van der Waals surface area contributed by atoms with Crippen molar-refractivity contribution in [2.75, 3.05) is 6.26 Å². The number of nitrogens with one attached hydrogen (secondary N) is 2. The van der Waals surface area contributed by atoms with Crippen molar-refractivity contribution < 1.29 is 17.6 Å². The Morgan fingerprint density at radius 2 is 1.96 bits per heavy atom. The first-order chi connectivity index (χ1) is 13.0. The van der Waals surface area contributed by atoms with E-state index in [1.165, 1.54) is 12.1 Å². The Kier molecular flexibility index (Phi) is 5.28. The van der Waals surface area contributed by atoms with E-state index in [-0.39, 0.29) is 18.2 Å². The lowest BCUT2D eigenvalue weighted by molar-refractivity contribution is -0.128. The second-order valence-corrected chi connectivity index (χ2v) is 10.8. The maximum atomic E-state index is 13.4. The van der Waals surface area contributed by atoms with Crippen LogP contribution in [0.3, 0.4) is 0 Å². The third-order valence-corrected chi connectivity index (χ3v) is 7.18. The molecule has 3 atom stereocenters. The van der Waals surface area contributed by atoms with Gasteiger partial charge in [0.2, 0.25) is 5.91 Å². The average molecular weight is 408 g/mol. The summed E-state index contributed by atoms with van der Waals surface area (Å²) in [5.74, 6) is -0.616. The molecule has 2 N–H and O–H groups in total. The van der Waals surface area contributed by atoms with Crippen LogP contribution in [0.25, 0.3) is 0 Å². The topological polar surface area (TPSA) is 99.1 Å². The number of amides is 1. The smallest absolute Gasteiger partial charge is 0.241 e. The summed E-state index contributed by atoms with van der Waals surface area (Å²) in [4.78, 5) is 13.2. The molecular weight excluding hydrogens is 381 g/mol. The third kappa shape index (κ3) is 4.06. The predicted molar refractivity (Wildman–Crippen MR) is 103 cm³/mol. The SMILES string of the molecule is CC(C)C[C@]1(C(=O)NC2(C#N)CC2)C[C@H](S(C)(=O)=O)[C@@H](c2ccc(F)cc2)N1. The van der Waals surface area contributed by atoms with Gasteiger partial charge in [-0.15, -0.1) is 0 Å². The predicted octanol–water partition coefficient (Wildman–Crippen LogP) is 2.23. The molecule has 1 aliphatic heterocycles. The quantitative estimate of drug-likeness (QED) is 0.753. The molecule has 0 bridgehead atoms. The molecule has 6 nitrogen and oxygen atoms in total. The fourth-order valence-corrected chi connectivity index (χ4v) is 5.40. The molecule has 0 spiro atoms. The molecule has 1 heterocycles. The number of carbonyl (C=O) groups excluding carboxylic acids is 1. The molecule has 8 heteroatoms.